The Bertz CT molecular complexity index is 411. The van der Waals surface area contributed by atoms with Gasteiger partial charge in [-0.25, -0.2) is 0 Å². The molecule has 0 N–H and O–H groups in total. The average molecular weight is 338 g/mol. The fourth-order valence-electron chi connectivity index (χ4n) is 4.00. The second kappa shape index (κ2) is 7.74. The van der Waals surface area contributed by atoms with E-state index >= 15 is 0 Å². The summed E-state index contributed by atoms with van der Waals surface area (Å²) in [6.45, 7) is 18.6. The van der Waals surface area contributed by atoms with E-state index in [1.165, 1.54) is 25.9 Å². The standard InChI is InChI=1S/C20H39N3O/c1-19(2,3)17-7-10-22(11-8-17)12-9-20(4,5)18(24)23-15-13-21(6)14-16-23/h17H,7-16H2,1-6H3. The molecule has 0 saturated carbocycles. The van der Waals surface area contributed by atoms with Crippen molar-refractivity contribution in [3.63, 3.8) is 0 Å². The quantitative estimate of drug-likeness (QED) is 0.789. The minimum Gasteiger partial charge on any atom is -0.340 e. The summed E-state index contributed by atoms with van der Waals surface area (Å²) in [6.07, 6.45) is 3.57. The summed E-state index contributed by atoms with van der Waals surface area (Å²) in [5, 5.41) is 0. The lowest BCUT2D eigenvalue weighted by Crippen LogP contribution is -2.51. The molecule has 2 fully saturated rings. The number of nitrogens with zero attached hydrogens (tertiary/aromatic N) is 3. The van der Waals surface area contributed by atoms with Crippen LogP contribution in [0.2, 0.25) is 0 Å². The van der Waals surface area contributed by atoms with Crippen molar-refractivity contribution in [1.82, 2.24) is 14.7 Å². The van der Waals surface area contributed by atoms with E-state index in [9.17, 15) is 4.79 Å². The highest BCUT2D eigenvalue weighted by molar-refractivity contribution is 5.82. The van der Waals surface area contributed by atoms with Crippen LogP contribution in [0, 0.1) is 16.7 Å². The first kappa shape index (κ1) is 19.7. The summed E-state index contributed by atoms with van der Waals surface area (Å²) in [5.74, 6) is 1.19. The van der Waals surface area contributed by atoms with Gasteiger partial charge in [0.25, 0.3) is 0 Å². The van der Waals surface area contributed by atoms with Crippen molar-refractivity contribution in [2.75, 3.05) is 52.9 Å². The summed E-state index contributed by atoms with van der Waals surface area (Å²) < 4.78 is 0. The summed E-state index contributed by atoms with van der Waals surface area (Å²) in [6, 6.07) is 0. The van der Waals surface area contributed by atoms with Gasteiger partial charge < -0.3 is 14.7 Å². The van der Waals surface area contributed by atoms with E-state index < -0.39 is 0 Å². The highest BCUT2D eigenvalue weighted by Gasteiger charge is 2.34. The summed E-state index contributed by atoms with van der Waals surface area (Å²) in [5.41, 5.74) is 0.194. The molecule has 2 aliphatic heterocycles. The van der Waals surface area contributed by atoms with E-state index in [2.05, 4.69) is 56.4 Å². The lowest BCUT2D eigenvalue weighted by Gasteiger charge is -2.40. The third-order valence-corrected chi connectivity index (χ3v) is 6.23. The molecule has 0 aromatic rings. The number of hydrogen-bond donors (Lipinski definition) is 0. The van der Waals surface area contributed by atoms with Gasteiger partial charge in [-0.1, -0.05) is 34.6 Å². The number of likely N-dealkylation sites (tertiary alicyclic amines) is 1. The van der Waals surface area contributed by atoms with Gasteiger partial charge in [0.15, 0.2) is 0 Å². The lowest BCUT2D eigenvalue weighted by atomic mass is 9.75. The first-order valence-corrected chi connectivity index (χ1v) is 9.80. The van der Waals surface area contributed by atoms with E-state index in [-0.39, 0.29) is 5.41 Å². The molecule has 0 aromatic heterocycles. The first-order chi connectivity index (χ1) is 11.1. The normalized spacial score (nSPS) is 22.8. The first-order valence-electron chi connectivity index (χ1n) is 9.80. The van der Waals surface area contributed by atoms with Crippen molar-refractivity contribution < 1.29 is 4.79 Å². The summed E-state index contributed by atoms with van der Waals surface area (Å²) >= 11 is 0. The van der Waals surface area contributed by atoms with E-state index in [0.29, 0.717) is 11.3 Å². The fourth-order valence-corrected chi connectivity index (χ4v) is 4.00. The molecular formula is C20H39N3O. The van der Waals surface area contributed by atoms with Crippen molar-refractivity contribution in [1.29, 1.82) is 0 Å². The van der Waals surface area contributed by atoms with E-state index in [1.54, 1.807) is 0 Å². The van der Waals surface area contributed by atoms with Gasteiger partial charge in [-0.05, 0) is 57.3 Å². The molecule has 4 heteroatoms. The van der Waals surface area contributed by atoms with Gasteiger partial charge in [0, 0.05) is 31.6 Å². The predicted octanol–water partition coefficient (Wildman–Crippen LogP) is 2.93. The molecule has 0 spiro atoms. The number of piperidine rings is 1. The zero-order chi connectivity index (χ0) is 18.0. The zero-order valence-corrected chi connectivity index (χ0v) is 16.9. The third kappa shape index (κ3) is 5.19. The molecule has 2 heterocycles. The minimum absolute atomic E-state index is 0.239. The Labute approximate surface area is 149 Å². The van der Waals surface area contributed by atoms with E-state index in [4.69, 9.17) is 0 Å². The maximum atomic E-state index is 12.9. The maximum Gasteiger partial charge on any atom is 0.228 e. The second-order valence-corrected chi connectivity index (χ2v) is 9.71. The molecule has 2 rings (SSSR count). The number of carbonyl (C=O) groups is 1. The highest BCUT2D eigenvalue weighted by Crippen LogP contribution is 2.34. The summed E-state index contributed by atoms with van der Waals surface area (Å²) in [4.78, 5) is 19.8. The Kier molecular flexibility index (Phi) is 6.35. The van der Waals surface area contributed by atoms with Gasteiger partial charge in [-0.3, -0.25) is 4.79 Å². The van der Waals surface area contributed by atoms with Crippen molar-refractivity contribution >= 4 is 5.91 Å². The van der Waals surface area contributed by atoms with Crippen LogP contribution in [0.4, 0.5) is 0 Å². The van der Waals surface area contributed by atoms with Gasteiger partial charge in [-0.2, -0.15) is 0 Å². The molecule has 0 aromatic carbocycles. The number of hydrogen-bond acceptors (Lipinski definition) is 3. The van der Waals surface area contributed by atoms with Crippen LogP contribution in [0.25, 0.3) is 0 Å². The van der Waals surface area contributed by atoms with Crippen LogP contribution < -0.4 is 0 Å². The van der Waals surface area contributed by atoms with Crippen LogP contribution in [-0.2, 0) is 4.79 Å². The van der Waals surface area contributed by atoms with Crippen molar-refractivity contribution in [3.05, 3.63) is 0 Å². The lowest BCUT2D eigenvalue weighted by molar-refractivity contribution is -0.142. The Morgan fingerprint density at radius 2 is 1.46 bits per heavy atom. The van der Waals surface area contributed by atoms with Gasteiger partial charge in [0.1, 0.15) is 0 Å². The average Bonchev–Trinajstić information content (AvgIpc) is 2.52. The van der Waals surface area contributed by atoms with Gasteiger partial charge in [0.2, 0.25) is 5.91 Å². The largest absolute Gasteiger partial charge is 0.340 e. The molecule has 0 unspecified atom stereocenters. The van der Waals surface area contributed by atoms with E-state index in [0.717, 1.165) is 45.1 Å². The van der Waals surface area contributed by atoms with Gasteiger partial charge >= 0.3 is 0 Å². The fraction of sp³-hybridized carbons (Fsp3) is 0.950. The summed E-state index contributed by atoms with van der Waals surface area (Å²) in [7, 11) is 2.13. The van der Waals surface area contributed by atoms with Crippen LogP contribution in [-0.4, -0.2) is 73.5 Å². The molecule has 0 aliphatic carbocycles. The van der Waals surface area contributed by atoms with Crippen LogP contribution in [0.5, 0.6) is 0 Å². The molecule has 24 heavy (non-hydrogen) atoms. The molecule has 1 amide bonds. The van der Waals surface area contributed by atoms with E-state index in [1.807, 2.05) is 0 Å². The number of piperazine rings is 1. The Hall–Kier alpha value is -0.610. The van der Waals surface area contributed by atoms with Crippen LogP contribution in [0.15, 0.2) is 0 Å². The minimum atomic E-state index is -0.239. The zero-order valence-electron chi connectivity index (χ0n) is 16.9. The topological polar surface area (TPSA) is 26.8 Å². The molecule has 0 bridgehead atoms. The molecule has 2 saturated heterocycles. The number of likely N-dealkylation sites (N-methyl/N-ethyl adjacent to an activating group) is 1. The maximum absolute atomic E-state index is 12.9. The monoisotopic (exact) mass is 337 g/mol. The van der Waals surface area contributed by atoms with Crippen LogP contribution >= 0.6 is 0 Å². The number of amides is 1. The third-order valence-electron chi connectivity index (χ3n) is 6.23. The molecule has 140 valence electrons. The molecule has 0 atom stereocenters. The van der Waals surface area contributed by atoms with Crippen molar-refractivity contribution in [2.45, 2.75) is 53.9 Å². The molecular weight excluding hydrogens is 298 g/mol. The molecule has 2 aliphatic rings. The Morgan fingerprint density at radius 1 is 0.917 bits per heavy atom. The highest BCUT2D eigenvalue weighted by atomic mass is 16.2. The SMILES string of the molecule is CN1CCN(C(=O)C(C)(C)CCN2CCC(C(C)(C)C)CC2)CC1. The van der Waals surface area contributed by atoms with Crippen LogP contribution in [0.1, 0.15) is 53.9 Å². The Morgan fingerprint density at radius 3 is 1.96 bits per heavy atom. The van der Waals surface area contributed by atoms with Crippen molar-refractivity contribution in [2.24, 2.45) is 16.7 Å². The second-order valence-electron chi connectivity index (χ2n) is 9.71. The van der Waals surface area contributed by atoms with Crippen LogP contribution in [0.3, 0.4) is 0 Å². The number of carbonyl (C=O) groups excluding carboxylic acids is 1. The van der Waals surface area contributed by atoms with Gasteiger partial charge in [-0.15, -0.1) is 0 Å². The molecule has 0 radical (unpaired) electrons. The van der Waals surface area contributed by atoms with Crippen molar-refractivity contribution in [3.8, 4) is 0 Å². The number of rotatable bonds is 4. The smallest absolute Gasteiger partial charge is 0.228 e. The Balaban J connectivity index is 1.77. The predicted molar refractivity (Wildman–Crippen MR) is 101 cm³/mol. The van der Waals surface area contributed by atoms with Gasteiger partial charge in [0.05, 0.1) is 0 Å². The molecule has 4 nitrogen and oxygen atoms in total.